The zero-order chi connectivity index (χ0) is 25.3. The topological polar surface area (TPSA) is 144 Å². The molecule has 0 radical (unpaired) electrons. The highest BCUT2D eigenvalue weighted by atomic mass is 32.2. The number of aliphatic hydroxyl groups excluding tert-OH is 1. The third-order valence-electron chi connectivity index (χ3n) is 4.78. The standard InChI is InChI=1S/C24H28N4O6S/c1-18-13-20(15-22(14-18)33-12-9-27-19-5-7-26-8-6-19)28(10-11-29)35(31,32)23-4-2-3-21(16-23)34-17-24(25)30/h2-8,13-16,29H,9-12,17H2,1H3,(H2,25,30)(H,26,27). The fraction of sp³-hybridized carbons (Fsp3) is 0.250. The number of nitrogens with two attached hydrogens (primary N) is 1. The van der Waals surface area contributed by atoms with E-state index in [-0.39, 0.29) is 23.8 Å². The molecule has 0 bridgehead atoms. The molecular weight excluding hydrogens is 472 g/mol. The number of hydrogen-bond donors (Lipinski definition) is 3. The fourth-order valence-electron chi connectivity index (χ4n) is 3.27. The fourth-order valence-corrected chi connectivity index (χ4v) is 4.75. The summed E-state index contributed by atoms with van der Waals surface area (Å²) >= 11 is 0. The third kappa shape index (κ3) is 7.33. The van der Waals surface area contributed by atoms with Crippen LogP contribution in [-0.4, -0.2) is 57.3 Å². The SMILES string of the molecule is Cc1cc(OCCNc2ccncc2)cc(N(CCO)S(=O)(=O)c2cccc(OCC(N)=O)c2)c1. The molecule has 4 N–H and O–H groups in total. The van der Waals surface area contributed by atoms with Gasteiger partial charge in [-0.3, -0.25) is 14.1 Å². The summed E-state index contributed by atoms with van der Waals surface area (Å²) in [6, 6.07) is 14.5. The predicted molar refractivity (Wildman–Crippen MR) is 132 cm³/mol. The highest BCUT2D eigenvalue weighted by Crippen LogP contribution is 2.30. The van der Waals surface area contributed by atoms with Crippen molar-refractivity contribution in [3.05, 3.63) is 72.6 Å². The Bertz CT molecular complexity index is 1240. The van der Waals surface area contributed by atoms with Crippen molar-refractivity contribution >= 4 is 27.3 Å². The van der Waals surface area contributed by atoms with Crippen LogP contribution in [0, 0.1) is 6.92 Å². The average molecular weight is 501 g/mol. The number of rotatable bonds is 13. The first-order valence-electron chi connectivity index (χ1n) is 10.8. The average Bonchev–Trinajstić information content (AvgIpc) is 2.84. The lowest BCUT2D eigenvalue weighted by Gasteiger charge is -2.25. The molecule has 3 rings (SSSR count). The van der Waals surface area contributed by atoms with Gasteiger partial charge in [-0.1, -0.05) is 6.07 Å². The third-order valence-corrected chi connectivity index (χ3v) is 6.60. The van der Waals surface area contributed by atoms with Crippen molar-refractivity contribution in [2.75, 3.05) is 42.5 Å². The molecule has 11 heteroatoms. The van der Waals surface area contributed by atoms with Crippen LogP contribution in [0.25, 0.3) is 0 Å². The van der Waals surface area contributed by atoms with Crippen LogP contribution in [0.3, 0.4) is 0 Å². The summed E-state index contributed by atoms with van der Waals surface area (Å²) in [6.45, 7) is 1.77. The van der Waals surface area contributed by atoms with Crippen molar-refractivity contribution in [2.45, 2.75) is 11.8 Å². The van der Waals surface area contributed by atoms with Gasteiger partial charge >= 0.3 is 0 Å². The number of carbonyl (C=O) groups is 1. The van der Waals surface area contributed by atoms with Crippen molar-refractivity contribution in [1.82, 2.24) is 4.98 Å². The van der Waals surface area contributed by atoms with E-state index in [2.05, 4.69) is 10.3 Å². The summed E-state index contributed by atoms with van der Waals surface area (Å²) in [6.07, 6.45) is 3.37. The second kappa shape index (κ2) is 12.0. The molecule has 0 aliphatic rings. The molecule has 0 aliphatic carbocycles. The van der Waals surface area contributed by atoms with E-state index in [0.717, 1.165) is 15.6 Å². The van der Waals surface area contributed by atoms with Crippen LogP contribution in [0.2, 0.25) is 0 Å². The van der Waals surface area contributed by atoms with Gasteiger partial charge in [-0.25, -0.2) is 8.42 Å². The number of sulfonamides is 1. The van der Waals surface area contributed by atoms with Crippen molar-refractivity contribution in [1.29, 1.82) is 0 Å². The van der Waals surface area contributed by atoms with Crippen molar-refractivity contribution in [2.24, 2.45) is 5.73 Å². The minimum Gasteiger partial charge on any atom is -0.492 e. The van der Waals surface area contributed by atoms with E-state index in [1.807, 2.05) is 19.1 Å². The smallest absolute Gasteiger partial charge is 0.264 e. The van der Waals surface area contributed by atoms with Crippen LogP contribution in [0.1, 0.15) is 5.56 Å². The quantitative estimate of drug-likeness (QED) is 0.302. The number of pyridine rings is 1. The predicted octanol–water partition coefficient (Wildman–Crippen LogP) is 1.93. The second-order valence-corrected chi connectivity index (χ2v) is 9.41. The summed E-state index contributed by atoms with van der Waals surface area (Å²) < 4.78 is 39.1. The van der Waals surface area contributed by atoms with Crippen molar-refractivity contribution in [3.8, 4) is 11.5 Å². The lowest BCUT2D eigenvalue weighted by molar-refractivity contribution is -0.119. The largest absolute Gasteiger partial charge is 0.492 e. The molecule has 0 aliphatic heterocycles. The number of nitrogens with one attached hydrogen (secondary N) is 1. The number of benzene rings is 2. The van der Waals surface area contributed by atoms with E-state index < -0.39 is 22.5 Å². The number of anilines is 2. The van der Waals surface area contributed by atoms with Crippen LogP contribution >= 0.6 is 0 Å². The van der Waals surface area contributed by atoms with Crippen LogP contribution in [0.4, 0.5) is 11.4 Å². The Morgan fingerprint density at radius 2 is 1.86 bits per heavy atom. The van der Waals surface area contributed by atoms with Crippen molar-refractivity contribution in [3.63, 3.8) is 0 Å². The van der Waals surface area contributed by atoms with E-state index >= 15 is 0 Å². The number of ether oxygens (including phenoxy) is 2. The normalized spacial score (nSPS) is 11.0. The second-order valence-electron chi connectivity index (χ2n) is 7.55. The maximum atomic E-state index is 13.5. The molecule has 10 nitrogen and oxygen atoms in total. The Labute approximate surface area is 204 Å². The molecule has 0 saturated carbocycles. The Morgan fingerprint density at radius 3 is 2.57 bits per heavy atom. The Hall–Kier alpha value is -3.83. The minimum absolute atomic E-state index is 0.0570. The van der Waals surface area contributed by atoms with Crippen LogP contribution < -0.4 is 24.8 Å². The molecule has 35 heavy (non-hydrogen) atoms. The van der Waals surface area contributed by atoms with Crippen LogP contribution in [-0.2, 0) is 14.8 Å². The van der Waals surface area contributed by atoms with Gasteiger partial charge in [0.1, 0.15) is 18.1 Å². The van der Waals surface area contributed by atoms with Gasteiger partial charge in [-0.15, -0.1) is 0 Å². The molecule has 0 saturated heterocycles. The number of carbonyl (C=O) groups excluding carboxylic acids is 1. The van der Waals surface area contributed by atoms with Crippen LogP contribution in [0.5, 0.6) is 11.5 Å². The van der Waals surface area contributed by atoms with Gasteiger partial charge < -0.3 is 25.6 Å². The number of aryl methyl sites for hydroxylation is 1. The number of aromatic nitrogens is 1. The Kier molecular flexibility index (Phi) is 8.87. The molecule has 186 valence electrons. The molecule has 0 fully saturated rings. The monoisotopic (exact) mass is 500 g/mol. The summed E-state index contributed by atoms with van der Waals surface area (Å²) in [5.74, 6) is 0.000398. The Morgan fingerprint density at radius 1 is 1.09 bits per heavy atom. The molecule has 1 aromatic heterocycles. The summed E-state index contributed by atoms with van der Waals surface area (Å²) in [5, 5.41) is 12.8. The number of primary amides is 1. The maximum Gasteiger partial charge on any atom is 0.264 e. The number of amides is 1. The molecule has 0 unspecified atom stereocenters. The van der Waals surface area contributed by atoms with E-state index in [9.17, 15) is 18.3 Å². The van der Waals surface area contributed by atoms with Gasteiger partial charge in [0.2, 0.25) is 0 Å². The van der Waals surface area contributed by atoms with Gasteiger partial charge in [0.15, 0.2) is 6.61 Å². The first-order chi connectivity index (χ1) is 16.8. The first-order valence-corrected chi connectivity index (χ1v) is 12.3. The van der Waals surface area contributed by atoms with Gasteiger partial charge in [0.25, 0.3) is 15.9 Å². The first kappa shape index (κ1) is 25.8. The number of hydrogen-bond acceptors (Lipinski definition) is 8. The van der Waals surface area contributed by atoms with E-state index in [0.29, 0.717) is 24.6 Å². The van der Waals surface area contributed by atoms with E-state index in [1.165, 1.54) is 24.3 Å². The minimum atomic E-state index is -4.07. The van der Waals surface area contributed by atoms with Crippen molar-refractivity contribution < 1.29 is 27.8 Å². The lowest BCUT2D eigenvalue weighted by Crippen LogP contribution is -2.33. The zero-order valence-corrected chi connectivity index (χ0v) is 20.1. The highest BCUT2D eigenvalue weighted by Gasteiger charge is 2.26. The van der Waals surface area contributed by atoms with Gasteiger partial charge in [-0.05, 0) is 48.9 Å². The summed E-state index contributed by atoms with van der Waals surface area (Å²) in [7, 11) is -4.07. The van der Waals surface area contributed by atoms with E-state index in [1.54, 1.807) is 30.6 Å². The van der Waals surface area contributed by atoms with Gasteiger partial charge in [0, 0.05) is 36.8 Å². The maximum absolute atomic E-state index is 13.5. The summed E-state index contributed by atoms with van der Waals surface area (Å²) in [5.41, 5.74) is 7.14. The molecular formula is C24H28N4O6S. The van der Waals surface area contributed by atoms with E-state index in [4.69, 9.17) is 15.2 Å². The highest BCUT2D eigenvalue weighted by molar-refractivity contribution is 7.92. The molecule has 1 heterocycles. The molecule has 2 aromatic carbocycles. The Balaban J connectivity index is 1.79. The molecule has 3 aromatic rings. The summed E-state index contributed by atoms with van der Waals surface area (Å²) in [4.78, 5) is 14.9. The van der Waals surface area contributed by atoms with Gasteiger partial charge in [0.05, 0.1) is 23.7 Å². The molecule has 0 spiro atoms. The number of nitrogens with zero attached hydrogens (tertiary/aromatic N) is 2. The zero-order valence-electron chi connectivity index (χ0n) is 19.3. The van der Waals surface area contributed by atoms with Gasteiger partial charge in [-0.2, -0.15) is 0 Å². The van der Waals surface area contributed by atoms with Crippen LogP contribution in [0.15, 0.2) is 71.9 Å². The lowest BCUT2D eigenvalue weighted by atomic mass is 10.2. The molecule has 1 amide bonds. The molecule has 0 atom stereocenters. The number of aliphatic hydroxyl groups is 1.